The van der Waals surface area contributed by atoms with E-state index in [1.54, 1.807) is 4.31 Å². The molecule has 2 atom stereocenters. The molecule has 0 aromatic carbocycles. The lowest BCUT2D eigenvalue weighted by Gasteiger charge is -2.29. The maximum Gasteiger partial charge on any atom is 0.279 e. The van der Waals surface area contributed by atoms with Crippen molar-refractivity contribution in [3.8, 4) is 0 Å². The first kappa shape index (κ1) is 12.3. The van der Waals surface area contributed by atoms with E-state index in [0.29, 0.717) is 19.0 Å². The molecule has 0 amide bonds. The molecular weight excluding hydrogens is 226 g/mol. The van der Waals surface area contributed by atoms with E-state index in [4.69, 9.17) is 0 Å². The average molecular weight is 247 g/mol. The summed E-state index contributed by atoms with van der Waals surface area (Å²) in [5.41, 5.74) is 0. The third kappa shape index (κ3) is 2.74. The fraction of sp³-hybridized carbons (Fsp3) is 1.00. The smallest absolute Gasteiger partial charge is 0.279 e. The number of nitrogens with zero attached hydrogens (tertiary/aromatic N) is 1. The van der Waals surface area contributed by atoms with Crippen LogP contribution >= 0.6 is 0 Å². The Labute approximate surface area is 97.8 Å². The first-order chi connectivity index (χ1) is 7.59. The summed E-state index contributed by atoms with van der Waals surface area (Å²) in [6.07, 6.45) is 3.25. The predicted octanol–water partition coefficient (Wildman–Crippen LogP) is -0.0854. The number of hydrogen-bond acceptors (Lipinski definition) is 3. The molecule has 5 nitrogen and oxygen atoms in total. The molecule has 0 radical (unpaired) electrons. The van der Waals surface area contributed by atoms with Crippen LogP contribution in [0.1, 0.15) is 26.2 Å². The summed E-state index contributed by atoms with van der Waals surface area (Å²) in [5, 5.41) is 3.16. The van der Waals surface area contributed by atoms with E-state index in [9.17, 15) is 8.42 Å². The predicted molar refractivity (Wildman–Crippen MR) is 63.3 cm³/mol. The van der Waals surface area contributed by atoms with Gasteiger partial charge in [-0.05, 0) is 18.8 Å². The molecule has 0 aromatic rings. The van der Waals surface area contributed by atoms with Crippen LogP contribution in [0.4, 0.5) is 0 Å². The number of piperazine rings is 1. The Balaban J connectivity index is 1.96. The molecule has 6 heteroatoms. The fourth-order valence-electron chi connectivity index (χ4n) is 2.47. The Kier molecular flexibility index (Phi) is 3.84. The average Bonchev–Trinajstić information content (AvgIpc) is 2.65. The summed E-state index contributed by atoms with van der Waals surface area (Å²) in [6.45, 7) is 4.78. The summed E-state index contributed by atoms with van der Waals surface area (Å²) < 4.78 is 28.5. The van der Waals surface area contributed by atoms with Crippen LogP contribution in [0.25, 0.3) is 0 Å². The fourth-order valence-corrected chi connectivity index (χ4v) is 4.02. The molecule has 1 aliphatic heterocycles. The van der Waals surface area contributed by atoms with Crippen LogP contribution in [0.5, 0.6) is 0 Å². The van der Waals surface area contributed by atoms with Crippen LogP contribution in [0.15, 0.2) is 0 Å². The van der Waals surface area contributed by atoms with Gasteiger partial charge in [0.15, 0.2) is 0 Å². The summed E-state index contributed by atoms with van der Waals surface area (Å²) in [7, 11) is -3.26. The zero-order valence-electron chi connectivity index (χ0n) is 9.78. The van der Waals surface area contributed by atoms with E-state index in [-0.39, 0.29) is 6.04 Å². The highest BCUT2D eigenvalue weighted by Crippen LogP contribution is 2.25. The van der Waals surface area contributed by atoms with Crippen molar-refractivity contribution in [3.05, 3.63) is 0 Å². The normalized spacial score (nSPS) is 33.1. The Bertz CT molecular complexity index is 325. The number of rotatable bonds is 3. The van der Waals surface area contributed by atoms with Crippen LogP contribution in [0, 0.1) is 5.92 Å². The Hall–Kier alpha value is -0.170. The SMILES string of the molecule is CC1CCCC1NS(=O)(=O)N1CCNCC1. The lowest BCUT2D eigenvalue weighted by Crippen LogP contribution is -2.52. The van der Waals surface area contributed by atoms with Gasteiger partial charge in [-0.1, -0.05) is 13.3 Å². The highest BCUT2D eigenvalue weighted by Gasteiger charge is 2.31. The van der Waals surface area contributed by atoms with Crippen molar-refractivity contribution in [1.82, 2.24) is 14.3 Å². The van der Waals surface area contributed by atoms with E-state index in [2.05, 4.69) is 17.0 Å². The second-order valence-corrected chi connectivity index (χ2v) is 6.49. The van der Waals surface area contributed by atoms with Crippen molar-refractivity contribution in [1.29, 1.82) is 0 Å². The molecule has 1 aliphatic carbocycles. The van der Waals surface area contributed by atoms with E-state index in [0.717, 1.165) is 32.4 Å². The first-order valence-electron chi connectivity index (χ1n) is 6.08. The van der Waals surface area contributed by atoms with Crippen LogP contribution in [0.2, 0.25) is 0 Å². The third-order valence-electron chi connectivity index (χ3n) is 3.58. The molecule has 0 spiro atoms. The zero-order valence-corrected chi connectivity index (χ0v) is 10.6. The minimum Gasteiger partial charge on any atom is -0.314 e. The van der Waals surface area contributed by atoms with Gasteiger partial charge in [0.1, 0.15) is 0 Å². The minimum absolute atomic E-state index is 0.139. The molecule has 2 unspecified atom stereocenters. The maximum absolute atomic E-state index is 12.1. The molecule has 1 heterocycles. The lowest BCUT2D eigenvalue weighted by atomic mass is 10.1. The van der Waals surface area contributed by atoms with Gasteiger partial charge in [0.2, 0.25) is 0 Å². The Morgan fingerprint density at radius 3 is 2.50 bits per heavy atom. The molecule has 0 bridgehead atoms. The second kappa shape index (κ2) is 5.00. The van der Waals surface area contributed by atoms with Crippen molar-refractivity contribution in [2.45, 2.75) is 32.2 Å². The quantitative estimate of drug-likeness (QED) is 0.733. The zero-order chi connectivity index (χ0) is 11.6. The standard InChI is InChI=1S/C10H21N3O2S/c1-9-3-2-4-10(9)12-16(14,15)13-7-5-11-6-8-13/h9-12H,2-8H2,1H3. The second-order valence-electron chi connectivity index (χ2n) is 4.79. The van der Waals surface area contributed by atoms with Gasteiger partial charge in [0, 0.05) is 32.2 Å². The summed E-state index contributed by atoms with van der Waals surface area (Å²) in [4.78, 5) is 0. The van der Waals surface area contributed by atoms with Gasteiger partial charge in [-0.2, -0.15) is 17.4 Å². The Morgan fingerprint density at radius 2 is 1.94 bits per heavy atom. The van der Waals surface area contributed by atoms with Gasteiger partial charge >= 0.3 is 0 Å². The van der Waals surface area contributed by atoms with E-state index in [1.807, 2.05) is 0 Å². The Morgan fingerprint density at radius 1 is 1.25 bits per heavy atom. The van der Waals surface area contributed by atoms with Crippen LogP contribution in [-0.4, -0.2) is 44.9 Å². The minimum atomic E-state index is -3.26. The van der Waals surface area contributed by atoms with Gasteiger partial charge in [-0.15, -0.1) is 0 Å². The van der Waals surface area contributed by atoms with Crippen molar-refractivity contribution in [2.24, 2.45) is 5.92 Å². The van der Waals surface area contributed by atoms with Crippen molar-refractivity contribution in [3.63, 3.8) is 0 Å². The lowest BCUT2D eigenvalue weighted by molar-refractivity contribution is 0.346. The van der Waals surface area contributed by atoms with Crippen LogP contribution in [-0.2, 0) is 10.2 Å². The summed E-state index contributed by atoms with van der Waals surface area (Å²) in [6, 6.07) is 0.139. The molecule has 1 saturated carbocycles. The third-order valence-corrected chi connectivity index (χ3v) is 5.22. The van der Waals surface area contributed by atoms with E-state index in [1.165, 1.54) is 0 Å². The molecule has 2 N–H and O–H groups in total. The molecule has 1 saturated heterocycles. The van der Waals surface area contributed by atoms with Crippen LogP contribution in [0.3, 0.4) is 0 Å². The summed E-state index contributed by atoms with van der Waals surface area (Å²) >= 11 is 0. The van der Waals surface area contributed by atoms with Crippen molar-refractivity contribution >= 4 is 10.2 Å². The largest absolute Gasteiger partial charge is 0.314 e. The van der Waals surface area contributed by atoms with Crippen LogP contribution < -0.4 is 10.0 Å². The van der Waals surface area contributed by atoms with Gasteiger partial charge < -0.3 is 5.32 Å². The van der Waals surface area contributed by atoms with Crippen molar-refractivity contribution < 1.29 is 8.42 Å². The van der Waals surface area contributed by atoms with E-state index >= 15 is 0 Å². The molecular formula is C10H21N3O2S. The van der Waals surface area contributed by atoms with Gasteiger partial charge in [-0.25, -0.2) is 0 Å². The molecule has 2 aliphatic rings. The molecule has 94 valence electrons. The van der Waals surface area contributed by atoms with Gasteiger partial charge in [-0.3, -0.25) is 0 Å². The van der Waals surface area contributed by atoms with Crippen molar-refractivity contribution in [2.75, 3.05) is 26.2 Å². The number of hydrogen-bond donors (Lipinski definition) is 2. The van der Waals surface area contributed by atoms with Gasteiger partial charge in [0.25, 0.3) is 10.2 Å². The summed E-state index contributed by atoms with van der Waals surface area (Å²) in [5.74, 6) is 0.470. The topological polar surface area (TPSA) is 61.4 Å². The van der Waals surface area contributed by atoms with E-state index < -0.39 is 10.2 Å². The maximum atomic E-state index is 12.1. The van der Waals surface area contributed by atoms with Gasteiger partial charge in [0.05, 0.1) is 0 Å². The number of nitrogens with one attached hydrogen (secondary N) is 2. The highest BCUT2D eigenvalue weighted by atomic mass is 32.2. The highest BCUT2D eigenvalue weighted by molar-refractivity contribution is 7.87. The first-order valence-corrected chi connectivity index (χ1v) is 7.52. The molecule has 2 fully saturated rings. The molecule has 0 aromatic heterocycles. The monoisotopic (exact) mass is 247 g/mol. The molecule has 2 rings (SSSR count). The molecule has 16 heavy (non-hydrogen) atoms.